The van der Waals surface area contributed by atoms with E-state index in [-0.39, 0.29) is 16.2 Å². The third kappa shape index (κ3) is 2.35. The van der Waals surface area contributed by atoms with Gasteiger partial charge in [-0.2, -0.15) is 0 Å². The molecule has 7 atom stereocenters. The third-order valence-corrected chi connectivity index (χ3v) is 11.1. The number of rotatable bonds is 1. The van der Waals surface area contributed by atoms with Crippen LogP contribution in [-0.4, -0.2) is 11.6 Å². The molecule has 0 aromatic rings. The van der Waals surface area contributed by atoms with Crippen LogP contribution in [0, 0.1) is 39.9 Å². The fraction of sp³-hybridized carbons (Fsp3) is 0.778. The van der Waals surface area contributed by atoms with Gasteiger partial charge >= 0.3 is 0 Å². The minimum absolute atomic E-state index is 0.133. The first-order chi connectivity index (χ1) is 13.6. The van der Waals surface area contributed by atoms with Gasteiger partial charge in [0.2, 0.25) is 0 Å². The molecule has 5 aliphatic carbocycles. The van der Waals surface area contributed by atoms with Crippen LogP contribution in [0.15, 0.2) is 22.8 Å². The normalized spacial score (nSPS) is 49.0. The molecule has 3 fully saturated rings. The van der Waals surface area contributed by atoms with E-state index >= 15 is 0 Å². The highest BCUT2D eigenvalue weighted by atomic mass is 16.1. The van der Waals surface area contributed by atoms with Crippen molar-refractivity contribution in [2.75, 3.05) is 0 Å². The van der Waals surface area contributed by atoms with Gasteiger partial charge in [0.05, 0.1) is 0 Å². The molecule has 0 heterocycles. The van der Waals surface area contributed by atoms with E-state index in [4.69, 9.17) is 0 Å². The van der Waals surface area contributed by atoms with Crippen LogP contribution in [0.2, 0.25) is 0 Å². The zero-order valence-electron chi connectivity index (χ0n) is 19.1. The summed E-state index contributed by atoms with van der Waals surface area (Å²) in [5.41, 5.74) is 4.70. The molecule has 0 spiro atoms. The van der Waals surface area contributed by atoms with Crippen molar-refractivity contribution in [2.24, 2.45) is 39.9 Å². The molecule has 0 aliphatic heterocycles. The Hall–Kier alpha value is -1.18. The van der Waals surface area contributed by atoms with Crippen molar-refractivity contribution in [3.05, 3.63) is 22.8 Å². The van der Waals surface area contributed by atoms with E-state index in [0.717, 1.165) is 38.0 Å². The lowest BCUT2D eigenvalue weighted by Crippen LogP contribution is -2.55. The summed E-state index contributed by atoms with van der Waals surface area (Å²) in [7, 11) is 0. The van der Waals surface area contributed by atoms with Gasteiger partial charge in [-0.1, -0.05) is 30.6 Å². The van der Waals surface area contributed by atoms with E-state index in [1.165, 1.54) is 42.4 Å². The molecule has 0 bridgehead atoms. The lowest BCUT2D eigenvalue weighted by molar-refractivity contribution is -0.145. The molecule has 2 nitrogen and oxygen atoms in total. The largest absolute Gasteiger partial charge is 0.299 e. The van der Waals surface area contributed by atoms with Gasteiger partial charge in [-0.05, 0) is 113 Å². The summed E-state index contributed by atoms with van der Waals surface area (Å²) in [6.07, 6.45) is 11.9. The first-order valence-corrected chi connectivity index (χ1v) is 12.0. The Morgan fingerprint density at radius 1 is 1.03 bits per heavy atom. The van der Waals surface area contributed by atoms with Crippen LogP contribution < -0.4 is 0 Å². The molecule has 0 N–H and O–H groups in total. The molecular formula is C27H38O2. The smallest absolute Gasteiger partial charge is 0.155 e. The van der Waals surface area contributed by atoms with Crippen LogP contribution in [-0.2, 0) is 9.59 Å². The summed E-state index contributed by atoms with van der Waals surface area (Å²) in [5.74, 6) is 3.44. The van der Waals surface area contributed by atoms with Gasteiger partial charge in [-0.25, -0.2) is 0 Å². The van der Waals surface area contributed by atoms with Crippen molar-refractivity contribution < 1.29 is 9.59 Å². The van der Waals surface area contributed by atoms with Gasteiger partial charge in [0.25, 0.3) is 0 Å². The molecule has 0 unspecified atom stereocenters. The average molecular weight is 395 g/mol. The maximum absolute atomic E-state index is 13.3. The Balaban J connectivity index is 1.56. The molecule has 0 aromatic heterocycles. The van der Waals surface area contributed by atoms with Crippen molar-refractivity contribution in [3.63, 3.8) is 0 Å². The second kappa shape index (κ2) is 6.17. The maximum atomic E-state index is 13.3. The maximum Gasteiger partial charge on any atom is 0.155 e. The lowest BCUT2D eigenvalue weighted by atomic mass is 9.43. The monoisotopic (exact) mass is 394 g/mol. The number of Topliss-reactive ketones (excluding diaryl/α,β-unsaturated/α-hetero) is 1. The Morgan fingerprint density at radius 2 is 1.79 bits per heavy atom. The van der Waals surface area contributed by atoms with E-state index in [1.54, 1.807) is 0 Å². The highest BCUT2D eigenvalue weighted by Gasteiger charge is 2.69. The molecule has 0 saturated heterocycles. The molecule has 2 heteroatoms. The molecule has 0 radical (unpaired) electrons. The number of ketones is 2. The lowest BCUT2D eigenvalue weighted by Gasteiger charge is -2.60. The summed E-state index contributed by atoms with van der Waals surface area (Å²) in [6, 6.07) is 0. The summed E-state index contributed by atoms with van der Waals surface area (Å²) >= 11 is 0. The van der Waals surface area contributed by atoms with Gasteiger partial charge in [-0.15, -0.1) is 0 Å². The van der Waals surface area contributed by atoms with Crippen LogP contribution >= 0.6 is 0 Å². The second-order valence-electron chi connectivity index (χ2n) is 11.8. The first-order valence-electron chi connectivity index (χ1n) is 12.0. The molecule has 29 heavy (non-hydrogen) atoms. The molecule has 3 saturated carbocycles. The standard InChI is InChI=1S/C27H38O2/c1-16-12-20-14-24-22-7-6-19-13-21(29)8-10-25(19,4)23(22)9-11-26(24,5)27(20,18(3)28)15-17(16)2/h13,20,22-24H,6-12,14-15H2,1-5H3/t20-,22-,23+,24+,25+,26+,27+/m1/s1. The Morgan fingerprint density at radius 3 is 2.52 bits per heavy atom. The zero-order valence-corrected chi connectivity index (χ0v) is 19.1. The van der Waals surface area contributed by atoms with E-state index in [1.807, 2.05) is 13.0 Å². The number of fused-ring (bicyclic) bond motifs is 7. The predicted molar refractivity (Wildman–Crippen MR) is 116 cm³/mol. The van der Waals surface area contributed by atoms with Gasteiger partial charge in [0.15, 0.2) is 5.78 Å². The Labute approximate surface area is 176 Å². The highest BCUT2D eigenvalue weighted by Crippen LogP contribution is 2.74. The van der Waals surface area contributed by atoms with Crippen molar-refractivity contribution >= 4 is 11.6 Å². The van der Waals surface area contributed by atoms with Crippen molar-refractivity contribution in [2.45, 2.75) is 92.4 Å². The molecule has 158 valence electrons. The molecular weight excluding hydrogens is 356 g/mol. The van der Waals surface area contributed by atoms with Gasteiger partial charge in [-0.3, -0.25) is 9.59 Å². The summed E-state index contributed by atoms with van der Waals surface area (Å²) in [6.45, 7) is 11.4. The number of hydrogen-bond acceptors (Lipinski definition) is 2. The minimum Gasteiger partial charge on any atom is -0.299 e. The van der Waals surface area contributed by atoms with Crippen LogP contribution in [0.4, 0.5) is 0 Å². The van der Waals surface area contributed by atoms with Crippen molar-refractivity contribution in [1.82, 2.24) is 0 Å². The minimum atomic E-state index is -0.133. The molecule has 5 aliphatic rings. The number of allylic oxidation sites excluding steroid dienone is 3. The third-order valence-electron chi connectivity index (χ3n) is 11.1. The SMILES string of the molecule is CC(=O)[C@@]12CC(C)=C(C)C[C@@H]1C[C@H]1[C@@H]3CCC4=CC(=O)CC[C@]4(C)[C@H]3CC[C@@]12C. The highest BCUT2D eigenvalue weighted by molar-refractivity contribution is 5.91. The number of hydrogen-bond donors (Lipinski definition) is 0. The molecule has 0 amide bonds. The molecule has 0 aromatic carbocycles. The van der Waals surface area contributed by atoms with E-state index in [0.29, 0.717) is 29.3 Å². The van der Waals surface area contributed by atoms with Crippen LogP contribution in [0.5, 0.6) is 0 Å². The number of carbonyl (C=O) groups is 2. The van der Waals surface area contributed by atoms with E-state index in [2.05, 4.69) is 27.7 Å². The van der Waals surface area contributed by atoms with Crippen molar-refractivity contribution in [1.29, 1.82) is 0 Å². The summed E-state index contributed by atoms with van der Waals surface area (Å²) < 4.78 is 0. The fourth-order valence-corrected chi connectivity index (χ4v) is 9.37. The number of carbonyl (C=O) groups excluding carboxylic acids is 2. The summed E-state index contributed by atoms with van der Waals surface area (Å²) in [4.78, 5) is 25.4. The first kappa shape index (κ1) is 19.8. The van der Waals surface area contributed by atoms with Gasteiger partial charge in [0.1, 0.15) is 5.78 Å². The predicted octanol–water partition coefficient (Wildman–Crippen LogP) is 6.45. The van der Waals surface area contributed by atoms with Gasteiger partial charge in [0, 0.05) is 11.8 Å². The Kier molecular flexibility index (Phi) is 4.21. The average Bonchev–Trinajstić information content (AvgIpc) is 2.92. The fourth-order valence-electron chi connectivity index (χ4n) is 9.37. The van der Waals surface area contributed by atoms with Gasteiger partial charge < -0.3 is 0 Å². The second-order valence-corrected chi connectivity index (χ2v) is 11.8. The van der Waals surface area contributed by atoms with Crippen LogP contribution in [0.3, 0.4) is 0 Å². The van der Waals surface area contributed by atoms with E-state index < -0.39 is 0 Å². The quantitative estimate of drug-likeness (QED) is 0.479. The van der Waals surface area contributed by atoms with Crippen molar-refractivity contribution in [3.8, 4) is 0 Å². The summed E-state index contributed by atoms with van der Waals surface area (Å²) in [5, 5.41) is 0. The molecule has 5 rings (SSSR count). The van der Waals surface area contributed by atoms with Crippen LogP contribution in [0.1, 0.15) is 92.4 Å². The van der Waals surface area contributed by atoms with E-state index in [9.17, 15) is 9.59 Å². The topological polar surface area (TPSA) is 34.1 Å². The van der Waals surface area contributed by atoms with Crippen LogP contribution in [0.25, 0.3) is 0 Å². The Bertz CT molecular complexity index is 847. The zero-order chi connectivity index (χ0) is 20.8.